The molecule has 27 heavy (non-hydrogen) atoms. The van der Waals surface area contributed by atoms with Gasteiger partial charge >= 0.3 is 0 Å². The summed E-state index contributed by atoms with van der Waals surface area (Å²) < 4.78 is 0.945. The average molecular weight is 456 g/mol. The van der Waals surface area contributed by atoms with Crippen LogP contribution in [0.2, 0.25) is 5.02 Å². The molecule has 0 spiro atoms. The molecule has 0 atom stereocenters. The minimum Gasteiger partial charge on any atom is -0.339 e. The molecule has 3 rings (SSSR count). The summed E-state index contributed by atoms with van der Waals surface area (Å²) in [4.78, 5) is 9.04. The number of anilines is 2. The first kappa shape index (κ1) is 19.3. The summed E-state index contributed by atoms with van der Waals surface area (Å²) in [7, 11) is 0. The number of nitrogens with zero attached hydrogens (tertiary/aromatic N) is 3. The lowest BCUT2D eigenvalue weighted by molar-refractivity contribution is 0.974. The van der Waals surface area contributed by atoms with Crippen molar-refractivity contribution in [1.82, 2.24) is 9.97 Å². The molecule has 1 heterocycles. The van der Waals surface area contributed by atoms with Crippen molar-refractivity contribution >= 4 is 50.8 Å². The van der Waals surface area contributed by atoms with E-state index in [9.17, 15) is 5.26 Å². The molecule has 1 N–H and O–H groups in total. The summed E-state index contributed by atoms with van der Waals surface area (Å²) in [5.41, 5.74) is 2.50. The first-order valence-corrected chi connectivity index (χ1v) is 9.93. The van der Waals surface area contributed by atoms with E-state index >= 15 is 0 Å². The van der Waals surface area contributed by atoms with E-state index in [1.165, 1.54) is 11.8 Å². The number of hydrogen-bond acceptors (Lipinski definition) is 5. The van der Waals surface area contributed by atoms with Crippen LogP contribution in [-0.2, 0) is 0 Å². The quantitative estimate of drug-likeness (QED) is 0.295. The van der Waals surface area contributed by atoms with Gasteiger partial charge in [0.05, 0.1) is 11.4 Å². The van der Waals surface area contributed by atoms with Crippen molar-refractivity contribution in [3.8, 4) is 29.7 Å². The van der Waals surface area contributed by atoms with Crippen LogP contribution in [0.4, 0.5) is 11.5 Å². The van der Waals surface area contributed by atoms with Gasteiger partial charge in [0.25, 0.3) is 0 Å². The summed E-state index contributed by atoms with van der Waals surface area (Å²) in [5, 5.41) is 14.1. The maximum absolute atomic E-state index is 9.76. The molecule has 4 nitrogen and oxygen atoms in total. The van der Waals surface area contributed by atoms with Crippen LogP contribution < -0.4 is 5.32 Å². The van der Waals surface area contributed by atoms with E-state index in [0.717, 1.165) is 15.7 Å². The van der Waals surface area contributed by atoms with Crippen LogP contribution in [-0.4, -0.2) is 15.7 Å². The fourth-order valence-electron chi connectivity index (χ4n) is 2.29. The van der Waals surface area contributed by atoms with Crippen molar-refractivity contribution in [2.45, 2.75) is 5.16 Å². The van der Waals surface area contributed by atoms with Crippen LogP contribution >= 0.6 is 39.3 Å². The lowest BCUT2D eigenvalue weighted by Crippen LogP contribution is -2.03. The second kappa shape index (κ2) is 8.92. The first-order chi connectivity index (χ1) is 13.1. The molecule has 0 aliphatic rings. The van der Waals surface area contributed by atoms with E-state index in [2.05, 4.69) is 43.2 Å². The molecule has 132 valence electrons. The molecule has 0 aliphatic carbocycles. The van der Waals surface area contributed by atoms with E-state index in [1.54, 1.807) is 12.1 Å². The van der Waals surface area contributed by atoms with E-state index in [-0.39, 0.29) is 0 Å². The van der Waals surface area contributed by atoms with Crippen molar-refractivity contribution in [2.75, 3.05) is 11.1 Å². The van der Waals surface area contributed by atoms with E-state index in [0.29, 0.717) is 33.0 Å². The van der Waals surface area contributed by atoms with Gasteiger partial charge < -0.3 is 5.32 Å². The average Bonchev–Trinajstić information content (AvgIpc) is 2.68. The second-order valence-corrected chi connectivity index (χ2v) is 7.62. The van der Waals surface area contributed by atoms with Crippen LogP contribution in [0, 0.1) is 23.7 Å². The third kappa shape index (κ3) is 4.81. The second-order valence-electron chi connectivity index (χ2n) is 5.32. The highest BCUT2D eigenvalue weighted by atomic mass is 79.9. The standard InChI is InChI=1S/C20H12BrClN4S/c1-2-11-27-20-25-18(13-3-5-14(21)6-4-13)17(12-23)19(26-20)24-16-9-7-15(22)8-10-16/h1,3-10H,11H2,(H,24,25,26). The van der Waals surface area contributed by atoms with Gasteiger partial charge in [-0.15, -0.1) is 6.42 Å². The Kier molecular flexibility index (Phi) is 6.36. The molecule has 2 aromatic carbocycles. The Labute approximate surface area is 175 Å². The molecule has 0 saturated heterocycles. The highest BCUT2D eigenvalue weighted by molar-refractivity contribution is 9.10. The Bertz CT molecular complexity index is 1040. The smallest absolute Gasteiger partial charge is 0.191 e. The predicted molar refractivity (Wildman–Crippen MR) is 114 cm³/mol. The van der Waals surface area contributed by atoms with Gasteiger partial charge in [-0.25, -0.2) is 9.97 Å². The normalized spacial score (nSPS) is 10.1. The molecular formula is C20H12BrClN4S. The Balaban J connectivity index is 2.11. The molecule has 0 bridgehead atoms. The van der Waals surface area contributed by atoms with Gasteiger partial charge in [0.2, 0.25) is 0 Å². The highest BCUT2D eigenvalue weighted by Gasteiger charge is 2.16. The summed E-state index contributed by atoms with van der Waals surface area (Å²) in [6.07, 6.45) is 5.36. The van der Waals surface area contributed by atoms with Gasteiger partial charge in [0.15, 0.2) is 11.0 Å². The van der Waals surface area contributed by atoms with Gasteiger partial charge in [-0.05, 0) is 36.4 Å². The molecule has 3 aromatic rings. The SMILES string of the molecule is C#CCSc1nc(Nc2ccc(Cl)cc2)c(C#N)c(-c2ccc(Br)cc2)n1. The topological polar surface area (TPSA) is 61.6 Å². The number of benzene rings is 2. The Morgan fingerprint density at radius 2 is 1.81 bits per heavy atom. The van der Waals surface area contributed by atoms with Crippen LogP contribution in [0.1, 0.15) is 5.56 Å². The van der Waals surface area contributed by atoms with Gasteiger partial charge in [0, 0.05) is 20.7 Å². The minimum atomic E-state index is 0.359. The highest BCUT2D eigenvalue weighted by Crippen LogP contribution is 2.31. The molecule has 0 fully saturated rings. The van der Waals surface area contributed by atoms with Gasteiger partial charge in [-0.1, -0.05) is 57.3 Å². The number of thioether (sulfide) groups is 1. The Morgan fingerprint density at radius 3 is 2.44 bits per heavy atom. The van der Waals surface area contributed by atoms with Gasteiger partial charge in [-0.2, -0.15) is 5.26 Å². The number of hydrogen-bond donors (Lipinski definition) is 1. The van der Waals surface area contributed by atoms with Crippen molar-refractivity contribution in [1.29, 1.82) is 5.26 Å². The monoisotopic (exact) mass is 454 g/mol. The molecule has 1 aromatic heterocycles. The zero-order chi connectivity index (χ0) is 19.2. The molecule has 0 amide bonds. The minimum absolute atomic E-state index is 0.359. The van der Waals surface area contributed by atoms with E-state index < -0.39 is 0 Å². The third-order valence-corrected chi connectivity index (χ3v) is 5.04. The van der Waals surface area contributed by atoms with Crippen LogP contribution in [0.3, 0.4) is 0 Å². The van der Waals surface area contributed by atoms with Crippen molar-refractivity contribution < 1.29 is 0 Å². The fourth-order valence-corrected chi connectivity index (χ4v) is 3.21. The van der Waals surface area contributed by atoms with Crippen molar-refractivity contribution in [2.24, 2.45) is 0 Å². The number of terminal acetylenes is 1. The zero-order valence-corrected chi connectivity index (χ0v) is 17.1. The summed E-state index contributed by atoms with van der Waals surface area (Å²) in [6.45, 7) is 0. The fraction of sp³-hybridized carbons (Fsp3) is 0.0500. The molecule has 0 aliphatic heterocycles. The van der Waals surface area contributed by atoms with Crippen LogP contribution in [0.25, 0.3) is 11.3 Å². The summed E-state index contributed by atoms with van der Waals surface area (Å²) in [6, 6.07) is 17.0. The summed E-state index contributed by atoms with van der Waals surface area (Å²) >= 11 is 10.7. The first-order valence-electron chi connectivity index (χ1n) is 7.77. The largest absolute Gasteiger partial charge is 0.339 e. The zero-order valence-electron chi connectivity index (χ0n) is 13.9. The number of rotatable bonds is 5. The Hall–Kier alpha value is -2.51. The van der Waals surface area contributed by atoms with Crippen LogP contribution in [0.15, 0.2) is 58.2 Å². The number of nitriles is 1. The van der Waals surface area contributed by atoms with Gasteiger partial charge in [0.1, 0.15) is 11.6 Å². The number of aromatic nitrogens is 2. The lowest BCUT2D eigenvalue weighted by Gasteiger charge is -2.12. The Morgan fingerprint density at radius 1 is 1.11 bits per heavy atom. The molecule has 0 unspecified atom stereocenters. The maximum atomic E-state index is 9.76. The molecular weight excluding hydrogens is 444 g/mol. The van der Waals surface area contributed by atoms with Crippen molar-refractivity contribution in [3.05, 3.63) is 63.6 Å². The van der Waals surface area contributed by atoms with E-state index in [1.807, 2.05) is 36.4 Å². The van der Waals surface area contributed by atoms with Crippen molar-refractivity contribution in [3.63, 3.8) is 0 Å². The number of nitrogens with one attached hydrogen (secondary N) is 1. The third-order valence-electron chi connectivity index (χ3n) is 3.51. The molecule has 0 saturated carbocycles. The van der Waals surface area contributed by atoms with Gasteiger partial charge in [-0.3, -0.25) is 0 Å². The predicted octanol–water partition coefficient (Wildman–Crippen LogP) is 5.90. The van der Waals surface area contributed by atoms with Crippen LogP contribution in [0.5, 0.6) is 0 Å². The molecule has 7 heteroatoms. The van der Waals surface area contributed by atoms with E-state index in [4.69, 9.17) is 18.0 Å². The summed E-state index contributed by atoms with van der Waals surface area (Å²) in [5.74, 6) is 3.42. The maximum Gasteiger partial charge on any atom is 0.191 e. The number of halogens is 2. The molecule has 0 radical (unpaired) electrons. The lowest BCUT2D eigenvalue weighted by atomic mass is 10.1.